The van der Waals surface area contributed by atoms with Crippen molar-refractivity contribution in [2.24, 2.45) is 5.92 Å². The molecule has 2 heterocycles. The SMILES string of the molecule is CC1CN(C)C(C)CC1N[C@@H](C)c1ccccn1. The van der Waals surface area contributed by atoms with Crippen molar-refractivity contribution in [3.63, 3.8) is 0 Å². The molecule has 0 amide bonds. The standard InChI is InChI=1S/C15H25N3/c1-11-10-18(4)12(2)9-15(11)17-13(3)14-7-5-6-8-16-14/h5-8,11-13,15,17H,9-10H2,1-4H3/t11?,12?,13-,15?/m0/s1. The van der Waals surface area contributed by atoms with E-state index in [-0.39, 0.29) is 0 Å². The Morgan fingerprint density at radius 2 is 2.17 bits per heavy atom. The van der Waals surface area contributed by atoms with Crippen LogP contribution in [-0.4, -0.2) is 35.6 Å². The van der Waals surface area contributed by atoms with Gasteiger partial charge in [0.2, 0.25) is 0 Å². The van der Waals surface area contributed by atoms with Crippen LogP contribution >= 0.6 is 0 Å². The van der Waals surface area contributed by atoms with Crippen LogP contribution in [0.25, 0.3) is 0 Å². The Hall–Kier alpha value is -0.930. The van der Waals surface area contributed by atoms with Crippen LogP contribution in [-0.2, 0) is 0 Å². The summed E-state index contributed by atoms with van der Waals surface area (Å²) in [6.45, 7) is 8.03. The van der Waals surface area contributed by atoms with E-state index in [1.54, 1.807) is 0 Å². The number of hydrogen-bond donors (Lipinski definition) is 1. The Bertz CT molecular complexity index is 365. The lowest BCUT2D eigenvalue weighted by Gasteiger charge is -2.41. The summed E-state index contributed by atoms with van der Waals surface area (Å²) in [5.41, 5.74) is 1.14. The Morgan fingerprint density at radius 1 is 1.39 bits per heavy atom. The highest BCUT2D eigenvalue weighted by atomic mass is 15.2. The quantitative estimate of drug-likeness (QED) is 0.889. The molecule has 1 aliphatic heterocycles. The predicted molar refractivity (Wildman–Crippen MR) is 75.4 cm³/mol. The van der Waals surface area contributed by atoms with Gasteiger partial charge >= 0.3 is 0 Å². The maximum Gasteiger partial charge on any atom is 0.0570 e. The maximum atomic E-state index is 4.43. The summed E-state index contributed by atoms with van der Waals surface area (Å²) in [7, 11) is 2.22. The van der Waals surface area contributed by atoms with E-state index in [0.717, 1.165) is 5.69 Å². The average Bonchev–Trinajstić information content (AvgIpc) is 2.37. The van der Waals surface area contributed by atoms with E-state index >= 15 is 0 Å². The van der Waals surface area contributed by atoms with Crippen molar-refractivity contribution < 1.29 is 0 Å². The molecule has 0 radical (unpaired) electrons. The smallest absolute Gasteiger partial charge is 0.0570 e. The molecule has 1 aromatic rings. The van der Waals surface area contributed by atoms with Crippen molar-refractivity contribution in [1.29, 1.82) is 0 Å². The van der Waals surface area contributed by atoms with Gasteiger partial charge in [0.15, 0.2) is 0 Å². The van der Waals surface area contributed by atoms with Gasteiger partial charge < -0.3 is 10.2 Å². The molecule has 0 spiro atoms. The van der Waals surface area contributed by atoms with Crippen LogP contribution < -0.4 is 5.32 Å². The van der Waals surface area contributed by atoms with Gasteiger partial charge in [0, 0.05) is 30.9 Å². The third kappa shape index (κ3) is 3.09. The molecule has 18 heavy (non-hydrogen) atoms. The zero-order chi connectivity index (χ0) is 13.1. The van der Waals surface area contributed by atoms with Crippen LogP contribution in [0.4, 0.5) is 0 Å². The summed E-state index contributed by atoms with van der Waals surface area (Å²) in [5.74, 6) is 0.692. The fraction of sp³-hybridized carbons (Fsp3) is 0.667. The van der Waals surface area contributed by atoms with Crippen LogP contribution in [0.1, 0.15) is 38.9 Å². The third-order valence-corrected chi connectivity index (χ3v) is 4.21. The molecule has 3 nitrogen and oxygen atoms in total. The molecule has 3 unspecified atom stereocenters. The molecule has 0 bridgehead atoms. The van der Waals surface area contributed by atoms with Gasteiger partial charge in [-0.25, -0.2) is 0 Å². The minimum atomic E-state index is 0.328. The minimum Gasteiger partial charge on any atom is -0.306 e. The summed E-state index contributed by atoms with van der Waals surface area (Å²) >= 11 is 0. The minimum absolute atomic E-state index is 0.328. The van der Waals surface area contributed by atoms with Crippen molar-refractivity contribution in [2.75, 3.05) is 13.6 Å². The fourth-order valence-corrected chi connectivity index (χ4v) is 2.81. The monoisotopic (exact) mass is 247 g/mol. The first kappa shape index (κ1) is 13.5. The van der Waals surface area contributed by atoms with E-state index in [1.807, 2.05) is 12.3 Å². The average molecular weight is 247 g/mol. The lowest BCUT2D eigenvalue weighted by atomic mass is 9.89. The number of likely N-dealkylation sites (tertiary alicyclic amines) is 1. The van der Waals surface area contributed by atoms with E-state index in [0.29, 0.717) is 24.0 Å². The molecular weight excluding hydrogens is 222 g/mol. The fourth-order valence-electron chi connectivity index (χ4n) is 2.81. The third-order valence-electron chi connectivity index (χ3n) is 4.21. The molecule has 1 aliphatic rings. The van der Waals surface area contributed by atoms with Gasteiger partial charge in [-0.3, -0.25) is 4.98 Å². The van der Waals surface area contributed by atoms with E-state index in [1.165, 1.54) is 13.0 Å². The molecule has 2 rings (SSSR count). The number of piperidine rings is 1. The van der Waals surface area contributed by atoms with E-state index < -0.39 is 0 Å². The first-order valence-corrected chi connectivity index (χ1v) is 6.95. The van der Waals surface area contributed by atoms with Crippen molar-refractivity contribution in [1.82, 2.24) is 15.2 Å². The molecule has 1 aromatic heterocycles. The topological polar surface area (TPSA) is 28.2 Å². The highest BCUT2D eigenvalue weighted by molar-refractivity contribution is 5.08. The summed E-state index contributed by atoms with van der Waals surface area (Å²) in [5, 5.41) is 3.75. The summed E-state index contributed by atoms with van der Waals surface area (Å²) < 4.78 is 0. The first-order valence-electron chi connectivity index (χ1n) is 6.95. The second-order valence-electron chi connectivity index (χ2n) is 5.75. The van der Waals surface area contributed by atoms with Crippen molar-refractivity contribution in [3.8, 4) is 0 Å². The van der Waals surface area contributed by atoms with Gasteiger partial charge in [0.05, 0.1) is 5.69 Å². The summed E-state index contributed by atoms with van der Waals surface area (Å²) in [6.07, 6.45) is 3.09. The Balaban J connectivity index is 1.97. The number of rotatable bonds is 3. The van der Waals surface area contributed by atoms with E-state index in [4.69, 9.17) is 0 Å². The molecule has 100 valence electrons. The molecule has 0 aliphatic carbocycles. The number of nitrogens with zero attached hydrogens (tertiary/aromatic N) is 2. The number of nitrogens with one attached hydrogen (secondary N) is 1. The number of pyridine rings is 1. The van der Waals surface area contributed by atoms with Crippen LogP contribution in [0.3, 0.4) is 0 Å². The van der Waals surface area contributed by atoms with Crippen LogP contribution in [0.2, 0.25) is 0 Å². The van der Waals surface area contributed by atoms with Crippen LogP contribution in [0.15, 0.2) is 24.4 Å². The number of hydrogen-bond acceptors (Lipinski definition) is 3. The molecule has 3 heteroatoms. The van der Waals surface area contributed by atoms with Gasteiger partial charge in [0.1, 0.15) is 0 Å². The second-order valence-corrected chi connectivity index (χ2v) is 5.75. The van der Waals surface area contributed by atoms with Gasteiger partial charge in [0.25, 0.3) is 0 Å². The Labute approximate surface area is 111 Å². The Morgan fingerprint density at radius 3 is 2.83 bits per heavy atom. The highest BCUT2D eigenvalue weighted by Crippen LogP contribution is 2.23. The van der Waals surface area contributed by atoms with Gasteiger partial charge in [-0.1, -0.05) is 13.0 Å². The summed E-state index contributed by atoms with van der Waals surface area (Å²) in [4.78, 5) is 6.88. The lowest BCUT2D eigenvalue weighted by molar-refractivity contribution is 0.116. The maximum absolute atomic E-state index is 4.43. The van der Waals surface area contributed by atoms with Gasteiger partial charge in [-0.2, -0.15) is 0 Å². The molecule has 1 saturated heterocycles. The van der Waals surface area contributed by atoms with Crippen LogP contribution in [0.5, 0.6) is 0 Å². The van der Waals surface area contributed by atoms with E-state index in [2.05, 4.69) is 55.2 Å². The van der Waals surface area contributed by atoms with Crippen molar-refractivity contribution in [3.05, 3.63) is 30.1 Å². The normalized spacial score (nSPS) is 31.2. The van der Waals surface area contributed by atoms with E-state index in [9.17, 15) is 0 Å². The Kier molecular flexibility index (Phi) is 4.36. The molecule has 1 fully saturated rings. The van der Waals surface area contributed by atoms with Gasteiger partial charge in [-0.15, -0.1) is 0 Å². The largest absolute Gasteiger partial charge is 0.306 e. The van der Waals surface area contributed by atoms with Crippen LogP contribution in [0, 0.1) is 5.92 Å². The zero-order valence-electron chi connectivity index (χ0n) is 11.9. The molecule has 4 atom stereocenters. The second kappa shape index (κ2) is 5.81. The number of aromatic nitrogens is 1. The highest BCUT2D eigenvalue weighted by Gasteiger charge is 2.29. The molecular formula is C15H25N3. The molecule has 0 aromatic carbocycles. The zero-order valence-corrected chi connectivity index (χ0v) is 11.9. The molecule has 1 N–H and O–H groups in total. The van der Waals surface area contributed by atoms with Crippen molar-refractivity contribution in [2.45, 2.75) is 45.3 Å². The lowest BCUT2D eigenvalue weighted by Crippen LogP contribution is -2.51. The molecule has 0 saturated carbocycles. The van der Waals surface area contributed by atoms with Crippen molar-refractivity contribution >= 4 is 0 Å². The van der Waals surface area contributed by atoms with Gasteiger partial charge in [-0.05, 0) is 45.4 Å². The predicted octanol–water partition coefficient (Wildman–Crippen LogP) is 2.46. The first-order chi connectivity index (χ1) is 8.58. The summed E-state index contributed by atoms with van der Waals surface area (Å²) in [6, 6.07) is 7.70.